The maximum absolute atomic E-state index is 13.8. The minimum atomic E-state index is -0.685. The predicted molar refractivity (Wildman–Crippen MR) is 63.9 cm³/mol. The molecule has 0 bridgehead atoms. The van der Waals surface area contributed by atoms with E-state index in [9.17, 15) is 13.6 Å². The molecule has 1 aliphatic rings. The summed E-state index contributed by atoms with van der Waals surface area (Å²) < 4.78 is 32.6. The minimum Gasteiger partial charge on any atom is -0.384 e. The van der Waals surface area contributed by atoms with E-state index in [2.05, 4.69) is 0 Å². The number of carbonyl (C=O) groups excluding carboxylic acids is 1. The zero-order valence-electron chi connectivity index (χ0n) is 10.2. The molecule has 1 aliphatic heterocycles. The molecule has 98 valence electrons. The Morgan fingerprint density at radius 1 is 1.44 bits per heavy atom. The monoisotopic (exact) mass is 255 g/mol. The number of methoxy groups -OCH3 is 1. The summed E-state index contributed by atoms with van der Waals surface area (Å²) in [5, 5.41) is 0. The van der Waals surface area contributed by atoms with Crippen molar-refractivity contribution < 1.29 is 18.3 Å². The number of carbonyl (C=O) groups is 1. The molecule has 0 amide bonds. The first-order valence-electron chi connectivity index (χ1n) is 5.83. The topological polar surface area (TPSA) is 29.5 Å². The molecule has 1 aromatic rings. The number of halogens is 2. The van der Waals surface area contributed by atoms with E-state index < -0.39 is 11.6 Å². The Morgan fingerprint density at radius 2 is 2.11 bits per heavy atom. The molecule has 0 aromatic heterocycles. The lowest BCUT2D eigenvalue weighted by molar-refractivity contribution is 0.112. The predicted octanol–water partition coefficient (Wildman–Crippen LogP) is 2.25. The first-order chi connectivity index (χ1) is 8.65. The summed E-state index contributed by atoms with van der Waals surface area (Å²) in [5.74, 6) is -1.08. The molecule has 0 saturated carbocycles. The van der Waals surface area contributed by atoms with E-state index in [1.54, 1.807) is 12.0 Å². The number of hydrogen-bond donors (Lipinski definition) is 0. The smallest absolute Gasteiger partial charge is 0.150 e. The van der Waals surface area contributed by atoms with Crippen molar-refractivity contribution in [1.82, 2.24) is 0 Å². The van der Waals surface area contributed by atoms with Gasteiger partial charge in [-0.05, 0) is 18.6 Å². The molecule has 0 spiro atoms. The van der Waals surface area contributed by atoms with Crippen molar-refractivity contribution in [3.05, 3.63) is 29.3 Å². The van der Waals surface area contributed by atoms with Crippen molar-refractivity contribution in [2.45, 2.75) is 6.42 Å². The van der Waals surface area contributed by atoms with Gasteiger partial charge in [0.05, 0.1) is 6.61 Å². The quantitative estimate of drug-likeness (QED) is 0.773. The summed E-state index contributed by atoms with van der Waals surface area (Å²) in [6.07, 6.45) is 1.29. The molecule has 1 atom stereocenters. The van der Waals surface area contributed by atoms with Gasteiger partial charge in [-0.1, -0.05) is 0 Å². The normalized spacial score (nSPS) is 19.3. The molecular formula is C13H15F2NO2. The maximum Gasteiger partial charge on any atom is 0.150 e. The van der Waals surface area contributed by atoms with Crippen molar-refractivity contribution in [2.75, 3.05) is 31.7 Å². The number of anilines is 1. The van der Waals surface area contributed by atoms with Crippen molar-refractivity contribution in [1.29, 1.82) is 0 Å². The highest BCUT2D eigenvalue weighted by Crippen LogP contribution is 2.29. The van der Waals surface area contributed by atoms with E-state index in [1.807, 2.05) is 0 Å². The molecule has 1 unspecified atom stereocenters. The van der Waals surface area contributed by atoms with E-state index >= 15 is 0 Å². The molecule has 0 N–H and O–H groups in total. The molecular weight excluding hydrogens is 240 g/mol. The largest absolute Gasteiger partial charge is 0.384 e. The Bertz CT molecular complexity index is 428. The van der Waals surface area contributed by atoms with Crippen LogP contribution in [0, 0.1) is 17.6 Å². The van der Waals surface area contributed by atoms with E-state index in [1.165, 1.54) is 0 Å². The lowest BCUT2D eigenvalue weighted by Gasteiger charge is -2.20. The van der Waals surface area contributed by atoms with Crippen LogP contribution >= 0.6 is 0 Å². The number of rotatable bonds is 4. The van der Waals surface area contributed by atoms with Gasteiger partial charge in [-0.3, -0.25) is 4.79 Å². The van der Waals surface area contributed by atoms with Crippen LogP contribution in [0.15, 0.2) is 12.1 Å². The first-order valence-corrected chi connectivity index (χ1v) is 5.83. The van der Waals surface area contributed by atoms with Gasteiger partial charge in [0.15, 0.2) is 0 Å². The van der Waals surface area contributed by atoms with Crippen LogP contribution in [0.4, 0.5) is 14.5 Å². The standard InChI is InChI=1S/C13H15F2NO2/c1-18-8-9-2-3-16(6-9)13-11(14)4-10(7-17)5-12(13)15/h4-5,7,9H,2-3,6,8H2,1H3. The molecule has 0 aliphatic carbocycles. The third-order valence-electron chi connectivity index (χ3n) is 3.18. The average molecular weight is 255 g/mol. The van der Waals surface area contributed by atoms with Gasteiger partial charge in [0.2, 0.25) is 0 Å². The highest BCUT2D eigenvalue weighted by Gasteiger charge is 2.27. The molecule has 1 heterocycles. The minimum absolute atomic E-state index is 0.0152. The van der Waals surface area contributed by atoms with Crippen LogP contribution in [0.2, 0.25) is 0 Å². The average Bonchev–Trinajstić information content (AvgIpc) is 2.77. The second-order valence-corrected chi connectivity index (χ2v) is 4.51. The van der Waals surface area contributed by atoms with Gasteiger partial charge in [-0.25, -0.2) is 8.78 Å². The highest BCUT2D eigenvalue weighted by molar-refractivity contribution is 5.76. The zero-order valence-corrected chi connectivity index (χ0v) is 10.2. The summed E-state index contributed by atoms with van der Waals surface area (Å²) in [5.41, 5.74) is -0.0272. The van der Waals surface area contributed by atoms with E-state index in [0.29, 0.717) is 31.9 Å². The molecule has 3 nitrogen and oxygen atoms in total. The zero-order chi connectivity index (χ0) is 13.1. The second-order valence-electron chi connectivity index (χ2n) is 4.51. The van der Waals surface area contributed by atoms with Gasteiger partial charge in [0.1, 0.15) is 23.6 Å². The van der Waals surface area contributed by atoms with Crippen LogP contribution in [-0.4, -0.2) is 33.1 Å². The van der Waals surface area contributed by atoms with Crippen molar-refractivity contribution >= 4 is 12.0 Å². The third kappa shape index (κ3) is 2.51. The van der Waals surface area contributed by atoms with Crippen molar-refractivity contribution in [3.63, 3.8) is 0 Å². The summed E-state index contributed by atoms with van der Waals surface area (Å²) in [4.78, 5) is 12.2. The Hall–Kier alpha value is -1.49. The first kappa shape index (κ1) is 13.0. The van der Waals surface area contributed by atoms with Gasteiger partial charge >= 0.3 is 0 Å². The maximum atomic E-state index is 13.8. The van der Waals surface area contributed by atoms with Gasteiger partial charge in [0, 0.05) is 31.7 Å². The van der Waals surface area contributed by atoms with Gasteiger partial charge in [-0.2, -0.15) is 0 Å². The third-order valence-corrected chi connectivity index (χ3v) is 3.18. The molecule has 1 aromatic carbocycles. The van der Waals surface area contributed by atoms with Crippen LogP contribution in [0.25, 0.3) is 0 Å². The van der Waals surface area contributed by atoms with Crippen molar-refractivity contribution in [2.24, 2.45) is 5.92 Å². The SMILES string of the molecule is COCC1CCN(c2c(F)cc(C=O)cc2F)C1. The molecule has 1 fully saturated rings. The van der Waals surface area contributed by atoms with Crippen LogP contribution in [0.5, 0.6) is 0 Å². The van der Waals surface area contributed by atoms with Gasteiger partial charge < -0.3 is 9.64 Å². The van der Waals surface area contributed by atoms with E-state index in [-0.39, 0.29) is 11.3 Å². The molecule has 0 radical (unpaired) electrons. The summed E-state index contributed by atoms with van der Waals surface area (Å²) >= 11 is 0. The van der Waals surface area contributed by atoms with Crippen LogP contribution in [0.1, 0.15) is 16.8 Å². The van der Waals surface area contributed by atoms with Gasteiger partial charge in [-0.15, -0.1) is 0 Å². The second kappa shape index (κ2) is 5.44. The number of hydrogen-bond acceptors (Lipinski definition) is 3. The Kier molecular flexibility index (Phi) is 3.91. The molecule has 5 heteroatoms. The highest BCUT2D eigenvalue weighted by atomic mass is 19.1. The molecule has 1 saturated heterocycles. The fourth-order valence-corrected chi connectivity index (χ4v) is 2.36. The van der Waals surface area contributed by atoms with E-state index in [0.717, 1.165) is 18.6 Å². The Labute approximate surface area is 104 Å². The fraction of sp³-hybridized carbons (Fsp3) is 0.462. The Morgan fingerprint density at radius 3 is 2.67 bits per heavy atom. The fourth-order valence-electron chi connectivity index (χ4n) is 2.36. The summed E-state index contributed by atoms with van der Waals surface area (Å²) in [6.45, 7) is 1.76. The van der Waals surface area contributed by atoms with Crippen LogP contribution < -0.4 is 4.90 Å². The number of ether oxygens (including phenoxy) is 1. The molecule has 18 heavy (non-hydrogen) atoms. The van der Waals surface area contributed by atoms with Gasteiger partial charge in [0.25, 0.3) is 0 Å². The van der Waals surface area contributed by atoms with Crippen LogP contribution in [-0.2, 0) is 4.74 Å². The van der Waals surface area contributed by atoms with Crippen LogP contribution in [0.3, 0.4) is 0 Å². The summed E-state index contributed by atoms with van der Waals surface area (Å²) in [6, 6.07) is 2.13. The number of nitrogens with zero attached hydrogens (tertiary/aromatic N) is 1. The summed E-state index contributed by atoms with van der Waals surface area (Å²) in [7, 11) is 1.61. The lowest BCUT2D eigenvalue weighted by Crippen LogP contribution is -2.23. The van der Waals surface area contributed by atoms with Crippen molar-refractivity contribution in [3.8, 4) is 0 Å². The number of benzene rings is 1. The number of aldehydes is 1. The lowest BCUT2D eigenvalue weighted by atomic mass is 10.1. The van der Waals surface area contributed by atoms with E-state index in [4.69, 9.17) is 4.74 Å². The Balaban J connectivity index is 2.21. The molecule has 2 rings (SSSR count).